The van der Waals surface area contributed by atoms with Crippen LogP contribution >= 0.6 is 11.3 Å². The molecule has 1 aliphatic heterocycles. The van der Waals surface area contributed by atoms with Crippen LogP contribution in [0.5, 0.6) is 0 Å². The van der Waals surface area contributed by atoms with Gasteiger partial charge in [-0.15, -0.1) is 10.2 Å². The number of nitrogens with two attached hydrogens (primary N) is 1. The number of anilines is 1. The Kier molecular flexibility index (Phi) is 4.68. The molecule has 1 unspecified atom stereocenters. The van der Waals surface area contributed by atoms with E-state index in [1.807, 2.05) is 25.1 Å². The Balaban J connectivity index is 1.55. The van der Waals surface area contributed by atoms with Crippen molar-refractivity contribution in [3.8, 4) is 10.6 Å². The molecule has 1 atom stereocenters. The van der Waals surface area contributed by atoms with Crippen LogP contribution in [-0.2, 0) is 0 Å². The number of halogens is 2. The van der Waals surface area contributed by atoms with E-state index in [2.05, 4.69) is 20.5 Å². The lowest BCUT2D eigenvalue weighted by atomic mass is 10.0. The van der Waals surface area contributed by atoms with Gasteiger partial charge in [-0.05, 0) is 30.9 Å². The fraction of sp³-hybridized carbons (Fsp3) is 0.333. The van der Waals surface area contributed by atoms with E-state index in [1.165, 1.54) is 11.3 Å². The molecule has 0 radical (unpaired) electrons. The number of hydrogen-bond acceptors (Lipinski definition) is 6. The third kappa shape index (κ3) is 3.65. The number of aromatic nitrogens is 3. The third-order valence-electron chi connectivity index (χ3n) is 4.67. The second kappa shape index (κ2) is 7.02. The number of rotatable bonds is 2. The van der Waals surface area contributed by atoms with Crippen LogP contribution in [0.15, 0.2) is 30.5 Å². The summed E-state index contributed by atoms with van der Waals surface area (Å²) in [5.41, 5.74) is 6.33. The maximum atomic E-state index is 13.8. The number of alkyl halides is 2. The summed E-state index contributed by atoms with van der Waals surface area (Å²) >= 11 is 1.49. The van der Waals surface area contributed by atoms with Crippen molar-refractivity contribution in [3.63, 3.8) is 0 Å². The van der Waals surface area contributed by atoms with Crippen molar-refractivity contribution in [3.05, 3.63) is 35.5 Å². The van der Waals surface area contributed by atoms with Crippen molar-refractivity contribution < 1.29 is 13.6 Å². The van der Waals surface area contributed by atoms with E-state index in [4.69, 9.17) is 5.73 Å². The smallest absolute Gasteiger partial charge is 0.323 e. The molecule has 2 amide bonds. The number of carbonyl (C=O) groups is 1. The van der Waals surface area contributed by atoms with Gasteiger partial charge in [-0.2, -0.15) is 0 Å². The number of nitrogens with one attached hydrogen (secondary N) is 1. The first-order valence-corrected chi connectivity index (χ1v) is 9.53. The Bertz CT molecular complexity index is 1040. The minimum atomic E-state index is -3.10. The Morgan fingerprint density at radius 1 is 1.32 bits per heavy atom. The van der Waals surface area contributed by atoms with E-state index < -0.39 is 24.5 Å². The lowest BCUT2D eigenvalue weighted by Crippen LogP contribution is -2.57. The first kappa shape index (κ1) is 18.6. The van der Waals surface area contributed by atoms with Crippen molar-refractivity contribution in [2.75, 3.05) is 18.4 Å². The van der Waals surface area contributed by atoms with Crippen molar-refractivity contribution in [1.29, 1.82) is 0 Å². The van der Waals surface area contributed by atoms with Gasteiger partial charge in [0.05, 0.1) is 12.6 Å². The van der Waals surface area contributed by atoms with Crippen LogP contribution in [0.1, 0.15) is 11.4 Å². The van der Waals surface area contributed by atoms with Crippen molar-refractivity contribution >= 4 is 34.0 Å². The van der Waals surface area contributed by atoms with E-state index in [-0.39, 0.29) is 13.0 Å². The Labute approximate surface area is 163 Å². The molecule has 1 aromatic carbocycles. The number of hydrogen-bond donors (Lipinski definition) is 2. The summed E-state index contributed by atoms with van der Waals surface area (Å²) in [6.45, 7) is 1.36. The monoisotopic (exact) mass is 404 g/mol. The van der Waals surface area contributed by atoms with Gasteiger partial charge < -0.3 is 10.6 Å². The number of aryl methyl sites for hydroxylation is 1. The number of urea groups is 1. The Hall–Kier alpha value is -2.72. The summed E-state index contributed by atoms with van der Waals surface area (Å²) in [7, 11) is 0. The number of fused-ring (bicyclic) bond motifs is 1. The lowest BCUT2D eigenvalue weighted by molar-refractivity contribution is -0.0674. The lowest BCUT2D eigenvalue weighted by Gasteiger charge is -2.36. The van der Waals surface area contributed by atoms with Gasteiger partial charge in [-0.3, -0.25) is 5.32 Å². The molecule has 0 spiro atoms. The van der Waals surface area contributed by atoms with Gasteiger partial charge >= 0.3 is 6.03 Å². The number of pyridine rings is 1. The van der Waals surface area contributed by atoms with Crippen LogP contribution < -0.4 is 11.1 Å². The summed E-state index contributed by atoms with van der Waals surface area (Å²) in [5.74, 6) is -2.80. The molecule has 7 nitrogen and oxygen atoms in total. The number of benzene rings is 1. The highest BCUT2D eigenvalue weighted by molar-refractivity contribution is 7.14. The average Bonchev–Trinajstić information content (AvgIpc) is 3.09. The molecular formula is C18H18F2N6OS. The fourth-order valence-electron chi connectivity index (χ4n) is 3.07. The van der Waals surface area contributed by atoms with Gasteiger partial charge in [0, 0.05) is 23.7 Å². The molecule has 1 aliphatic rings. The molecule has 0 bridgehead atoms. The maximum Gasteiger partial charge on any atom is 0.323 e. The van der Waals surface area contributed by atoms with E-state index in [1.54, 1.807) is 12.3 Å². The minimum absolute atomic E-state index is 0.0518. The maximum absolute atomic E-state index is 13.8. The van der Waals surface area contributed by atoms with Crippen LogP contribution in [0.4, 0.5) is 19.4 Å². The molecule has 2 aromatic heterocycles. The Morgan fingerprint density at radius 2 is 2.14 bits per heavy atom. The van der Waals surface area contributed by atoms with E-state index in [0.29, 0.717) is 5.82 Å². The normalized spacial score (nSPS) is 19.0. The molecule has 3 aromatic rings. The minimum Gasteiger partial charge on any atom is -0.323 e. The second-order valence-electron chi connectivity index (χ2n) is 6.77. The molecule has 3 N–H and O–H groups in total. The summed E-state index contributed by atoms with van der Waals surface area (Å²) in [6, 6.07) is 5.64. The van der Waals surface area contributed by atoms with Crippen molar-refractivity contribution in [2.45, 2.75) is 25.3 Å². The quantitative estimate of drug-likeness (QED) is 0.683. The topological polar surface area (TPSA) is 97.0 Å². The zero-order valence-electron chi connectivity index (χ0n) is 15.0. The number of likely N-dealkylation sites (tertiary alicyclic amines) is 1. The van der Waals surface area contributed by atoms with Crippen LogP contribution in [0.2, 0.25) is 0 Å². The molecule has 1 saturated heterocycles. The van der Waals surface area contributed by atoms with Crippen molar-refractivity contribution in [1.82, 2.24) is 20.1 Å². The van der Waals surface area contributed by atoms with Gasteiger partial charge in [0.25, 0.3) is 5.92 Å². The van der Waals surface area contributed by atoms with Crippen LogP contribution in [0.25, 0.3) is 21.3 Å². The van der Waals surface area contributed by atoms with Crippen LogP contribution in [0, 0.1) is 6.92 Å². The SMILES string of the molecule is Cc1nnc(-c2ccc3cnc(NC(=O)N4CCC(N)C(F)(F)C4)cc3c2)s1. The molecule has 0 aliphatic carbocycles. The third-order valence-corrected chi connectivity index (χ3v) is 5.56. The molecule has 10 heteroatoms. The highest BCUT2D eigenvalue weighted by atomic mass is 32.1. The van der Waals surface area contributed by atoms with Crippen molar-refractivity contribution in [2.24, 2.45) is 5.73 Å². The predicted octanol–water partition coefficient (Wildman–Crippen LogP) is 3.26. The highest BCUT2D eigenvalue weighted by Gasteiger charge is 2.43. The summed E-state index contributed by atoms with van der Waals surface area (Å²) in [6.07, 6.45) is 1.68. The van der Waals surface area contributed by atoms with E-state index >= 15 is 0 Å². The Morgan fingerprint density at radius 3 is 2.86 bits per heavy atom. The van der Waals surface area contributed by atoms with Gasteiger partial charge in [-0.25, -0.2) is 18.6 Å². The zero-order valence-corrected chi connectivity index (χ0v) is 15.8. The highest BCUT2D eigenvalue weighted by Crippen LogP contribution is 2.28. The summed E-state index contributed by atoms with van der Waals surface area (Å²) in [4.78, 5) is 17.6. The van der Waals surface area contributed by atoms with Gasteiger partial charge in [0.1, 0.15) is 15.8 Å². The first-order chi connectivity index (χ1) is 13.3. The number of piperidine rings is 1. The molecule has 4 rings (SSSR count). The fourth-order valence-corrected chi connectivity index (χ4v) is 3.76. The van der Waals surface area contributed by atoms with Gasteiger partial charge in [0.15, 0.2) is 0 Å². The summed E-state index contributed by atoms with van der Waals surface area (Å²) < 4.78 is 27.6. The predicted molar refractivity (Wildman–Crippen MR) is 104 cm³/mol. The van der Waals surface area contributed by atoms with Crippen LogP contribution in [0.3, 0.4) is 0 Å². The van der Waals surface area contributed by atoms with Gasteiger partial charge in [-0.1, -0.05) is 23.5 Å². The second-order valence-corrected chi connectivity index (χ2v) is 7.95. The number of amides is 2. The number of carbonyl (C=O) groups excluding carboxylic acids is 1. The van der Waals surface area contributed by atoms with E-state index in [9.17, 15) is 13.6 Å². The molecule has 28 heavy (non-hydrogen) atoms. The largest absolute Gasteiger partial charge is 0.323 e. The molecule has 3 heterocycles. The zero-order chi connectivity index (χ0) is 19.9. The summed E-state index contributed by atoms with van der Waals surface area (Å²) in [5, 5.41) is 14.2. The molecular weight excluding hydrogens is 386 g/mol. The van der Waals surface area contributed by atoms with Gasteiger partial charge in [0.2, 0.25) is 0 Å². The molecule has 0 saturated carbocycles. The van der Waals surface area contributed by atoms with E-state index in [0.717, 1.165) is 31.3 Å². The molecule has 1 fully saturated rings. The van der Waals surface area contributed by atoms with Crippen LogP contribution in [-0.4, -0.2) is 51.2 Å². The molecule has 146 valence electrons. The number of nitrogens with zero attached hydrogens (tertiary/aromatic N) is 4. The first-order valence-electron chi connectivity index (χ1n) is 8.71. The average molecular weight is 404 g/mol. The standard InChI is InChI=1S/C18H18F2N6OS/c1-10-24-25-16(28-10)11-2-3-12-8-22-15(7-13(12)6-11)23-17(27)26-5-4-14(21)18(19,20)9-26/h2-3,6-8,14H,4-5,9,21H2,1H3,(H,22,23,27).